The fourth-order valence-corrected chi connectivity index (χ4v) is 1.98. The lowest BCUT2D eigenvalue weighted by Gasteiger charge is -2.10. The molecule has 1 heterocycles. The number of aromatic nitrogens is 2. The summed E-state index contributed by atoms with van der Waals surface area (Å²) in [5, 5.41) is 16.5. The van der Waals surface area contributed by atoms with Crippen molar-refractivity contribution in [2.24, 2.45) is 0 Å². The summed E-state index contributed by atoms with van der Waals surface area (Å²) in [5.41, 5.74) is 1.19. The van der Waals surface area contributed by atoms with E-state index in [1.54, 1.807) is 30.5 Å². The second kappa shape index (κ2) is 6.43. The molecular weight excluding hydrogens is 278 g/mol. The number of nitrogens with one attached hydrogen (secondary N) is 1. The second-order valence-corrected chi connectivity index (χ2v) is 4.80. The Hall–Kier alpha value is -2.01. The number of hydrogen-bond acceptors (Lipinski definition) is 4. The quantitative estimate of drug-likeness (QED) is 0.889. The van der Waals surface area contributed by atoms with Gasteiger partial charge < -0.3 is 10.4 Å². The molecular formula is C14H16ClN3O2. The highest BCUT2D eigenvalue weighted by Crippen LogP contribution is 2.17. The van der Waals surface area contributed by atoms with Crippen molar-refractivity contribution in [3.8, 4) is 5.75 Å². The Labute approximate surface area is 121 Å². The van der Waals surface area contributed by atoms with E-state index in [1.807, 2.05) is 6.92 Å². The van der Waals surface area contributed by atoms with Gasteiger partial charge in [-0.2, -0.15) is 5.10 Å². The van der Waals surface area contributed by atoms with E-state index in [-0.39, 0.29) is 16.3 Å². The lowest BCUT2D eigenvalue weighted by molar-refractivity contribution is 0.475. The molecule has 0 aliphatic heterocycles. The minimum absolute atomic E-state index is 0.146. The van der Waals surface area contributed by atoms with Gasteiger partial charge in [0.25, 0.3) is 5.56 Å². The summed E-state index contributed by atoms with van der Waals surface area (Å²) in [6.45, 7) is 3.02. The molecule has 0 amide bonds. The second-order valence-electron chi connectivity index (χ2n) is 4.42. The zero-order valence-corrected chi connectivity index (χ0v) is 11.9. The number of nitrogens with zero attached hydrogens (tertiary/aromatic N) is 2. The Morgan fingerprint density at radius 1 is 1.35 bits per heavy atom. The summed E-state index contributed by atoms with van der Waals surface area (Å²) in [6.07, 6.45) is 2.38. The molecule has 0 aliphatic rings. The van der Waals surface area contributed by atoms with E-state index in [2.05, 4.69) is 10.4 Å². The number of phenolic OH excluding ortho intramolecular Hbond substituents is 1. The Balaban J connectivity index is 2.12. The molecule has 0 radical (unpaired) electrons. The van der Waals surface area contributed by atoms with Crippen LogP contribution >= 0.6 is 11.6 Å². The molecule has 0 spiro atoms. The van der Waals surface area contributed by atoms with Gasteiger partial charge in [-0.3, -0.25) is 4.79 Å². The molecule has 2 rings (SSSR count). The van der Waals surface area contributed by atoms with Crippen LogP contribution in [0.2, 0.25) is 5.02 Å². The van der Waals surface area contributed by atoms with Gasteiger partial charge in [-0.1, -0.05) is 30.7 Å². The summed E-state index contributed by atoms with van der Waals surface area (Å²) >= 11 is 6.05. The van der Waals surface area contributed by atoms with Gasteiger partial charge in [-0.15, -0.1) is 0 Å². The van der Waals surface area contributed by atoms with E-state index in [0.29, 0.717) is 18.8 Å². The number of phenols is 1. The van der Waals surface area contributed by atoms with Gasteiger partial charge in [0.05, 0.1) is 11.9 Å². The van der Waals surface area contributed by atoms with Crippen LogP contribution in [0.5, 0.6) is 5.75 Å². The maximum Gasteiger partial charge on any atom is 0.287 e. The third kappa shape index (κ3) is 3.30. The lowest BCUT2D eigenvalue weighted by Crippen LogP contribution is -2.24. The first-order chi connectivity index (χ1) is 9.61. The highest BCUT2D eigenvalue weighted by atomic mass is 35.5. The van der Waals surface area contributed by atoms with E-state index >= 15 is 0 Å². The highest BCUT2D eigenvalue weighted by Gasteiger charge is 2.08. The molecule has 106 valence electrons. The summed E-state index contributed by atoms with van der Waals surface area (Å²) in [5.74, 6) is 0.218. The fourth-order valence-electron chi connectivity index (χ4n) is 1.77. The first-order valence-corrected chi connectivity index (χ1v) is 6.77. The summed E-state index contributed by atoms with van der Waals surface area (Å²) in [4.78, 5) is 11.9. The van der Waals surface area contributed by atoms with E-state index in [0.717, 1.165) is 12.0 Å². The van der Waals surface area contributed by atoms with Crippen molar-refractivity contribution in [3.05, 3.63) is 51.4 Å². The number of anilines is 1. The third-order valence-electron chi connectivity index (χ3n) is 2.84. The van der Waals surface area contributed by atoms with Crippen LogP contribution in [0.1, 0.15) is 18.9 Å². The predicted molar refractivity (Wildman–Crippen MR) is 79.2 cm³/mol. The SMILES string of the molecule is CCCn1ncc(NCc2ccc(O)cc2)c(Cl)c1=O. The van der Waals surface area contributed by atoms with Gasteiger partial charge in [0.15, 0.2) is 0 Å². The van der Waals surface area contributed by atoms with Gasteiger partial charge in [0.1, 0.15) is 10.8 Å². The summed E-state index contributed by atoms with van der Waals surface area (Å²) in [7, 11) is 0. The van der Waals surface area contributed by atoms with Crippen LogP contribution in [-0.4, -0.2) is 14.9 Å². The fraction of sp³-hybridized carbons (Fsp3) is 0.286. The first-order valence-electron chi connectivity index (χ1n) is 6.39. The number of hydrogen-bond donors (Lipinski definition) is 2. The Bertz CT molecular complexity index is 638. The van der Waals surface area contributed by atoms with Crippen LogP contribution in [0.25, 0.3) is 0 Å². The standard InChI is InChI=1S/C14H16ClN3O2/c1-2-7-18-14(20)13(15)12(9-17-18)16-8-10-3-5-11(19)6-4-10/h3-6,9,16,19H,2,7-8H2,1H3. The van der Waals surface area contributed by atoms with Crippen LogP contribution in [-0.2, 0) is 13.1 Å². The van der Waals surface area contributed by atoms with Gasteiger partial charge in [0, 0.05) is 13.1 Å². The molecule has 0 fully saturated rings. The predicted octanol–water partition coefficient (Wildman–Crippen LogP) is 2.62. The number of halogens is 1. The van der Waals surface area contributed by atoms with Crippen molar-refractivity contribution in [2.45, 2.75) is 26.4 Å². The van der Waals surface area contributed by atoms with Crippen molar-refractivity contribution in [1.29, 1.82) is 0 Å². The minimum Gasteiger partial charge on any atom is -0.508 e. The van der Waals surface area contributed by atoms with Crippen LogP contribution in [0, 0.1) is 0 Å². The molecule has 0 saturated carbocycles. The first kappa shape index (κ1) is 14.4. The Morgan fingerprint density at radius 3 is 2.70 bits per heavy atom. The zero-order valence-electron chi connectivity index (χ0n) is 11.1. The molecule has 5 nitrogen and oxygen atoms in total. The van der Waals surface area contributed by atoms with Crippen molar-refractivity contribution >= 4 is 17.3 Å². The molecule has 0 bridgehead atoms. The molecule has 0 unspecified atom stereocenters. The molecule has 20 heavy (non-hydrogen) atoms. The average molecular weight is 294 g/mol. The molecule has 0 saturated heterocycles. The van der Waals surface area contributed by atoms with E-state index < -0.39 is 0 Å². The largest absolute Gasteiger partial charge is 0.508 e. The monoisotopic (exact) mass is 293 g/mol. The van der Waals surface area contributed by atoms with Crippen molar-refractivity contribution in [2.75, 3.05) is 5.32 Å². The number of aromatic hydroxyl groups is 1. The molecule has 1 aromatic carbocycles. The molecule has 2 N–H and O–H groups in total. The lowest BCUT2D eigenvalue weighted by atomic mass is 10.2. The normalized spacial score (nSPS) is 10.5. The summed E-state index contributed by atoms with van der Waals surface area (Å²) < 4.78 is 1.36. The van der Waals surface area contributed by atoms with E-state index in [9.17, 15) is 9.90 Å². The number of aryl methyl sites for hydroxylation is 1. The van der Waals surface area contributed by atoms with Gasteiger partial charge in [-0.05, 0) is 24.1 Å². The van der Waals surface area contributed by atoms with E-state index in [4.69, 9.17) is 11.6 Å². The Kier molecular flexibility index (Phi) is 4.63. The minimum atomic E-state index is -0.288. The third-order valence-corrected chi connectivity index (χ3v) is 3.20. The molecule has 0 aliphatic carbocycles. The van der Waals surface area contributed by atoms with Gasteiger partial charge >= 0.3 is 0 Å². The molecule has 2 aromatic rings. The van der Waals surface area contributed by atoms with Crippen LogP contribution in [0.4, 0.5) is 5.69 Å². The molecule has 6 heteroatoms. The number of benzene rings is 1. The highest BCUT2D eigenvalue weighted by molar-refractivity contribution is 6.32. The van der Waals surface area contributed by atoms with Crippen molar-refractivity contribution < 1.29 is 5.11 Å². The van der Waals surface area contributed by atoms with Crippen molar-refractivity contribution in [3.63, 3.8) is 0 Å². The van der Waals surface area contributed by atoms with Crippen molar-refractivity contribution in [1.82, 2.24) is 9.78 Å². The maximum atomic E-state index is 11.9. The van der Waals surface area contributed by atoms with Crippen LogP contribution < -0.4 is 10.9 Å². The molecule has 0 atom stereocenters. The Morgan fingerprint density at radius 2 is 2.05 bits per heavy atom. The maximum absolute atomic E-state index is 11.9. The average Bonchev–Trinajstić information content (AvgIpc) is 2.45. The zero-order chi connectivity index (χ0) is 14.5. The molecule has 1 aromatic heterocycles. The number of rotatable bonds is 5. The topological polar surface area (TPSA) is 67.2 Å². The van der Waals surface area contributed by atoms with Gasteiger partial charge in [-0.25, -0.2) is 4.68 Å². The van der Waals surface area contributed by atoms with Gasteiger partial charge in [0.2, 0.25) is 0 Å². The summed E-state index contributed by atoms with van der Waals surface area (Å²) in [6, 6.07) is 6.80. The van der Waals surface area contributed by atoms with Crippen LogP contribution in [0.3, 0.4) is 0 Å². The van der Waals surface area contributed by atoms with Crippen LogP contribution in [0.15, 0.2) is 35.3 Å². The van der Waals surface area contributed by atoms with E-state index in [1.165, 1.54) is 4.68 Å². The smallest absolute Gasteiger partial charge is 0.287 e.